The van der Waals surface area contributed by atoms with Gasteiger partial charge in [-0.05, 0) is 54.2 Å². The van der Waals surface area contributed by atoms with Crippen LogP contribution in [-0.4, -0.2) is 11.1 Å². The second-order valence-electron chi connectivity index (χ2n) is 6.93. The number of carboxylic acid groups (broad SMARTS) is 1. The van der Waals surface area contributed by atoms with Crippen LogP contribution in [0, 0.1) is 5.92 Å². The van der Waals surface area contributed by atoms with Crippen molar-refractivity contribution < 1.29 is 9.90 Å². The summed E-state index contributed by atoms with van der Waals surface area (Å²) in [6.45, 7) is 4.00. The molecule has 0 amide bonds. The molecule has 3 rings (SSSR count). The number of hydrogen-bond acceptors (Lipinski definition) is 1. The third-order valence-corrected chi connectivity index (χ3v) is 5.32. The first-order chi connectivity index (χ1) is 11.2. The summed E-state index contributed by atoms with van der Waals surface area (Å²) in [6.07, 6.45) is 11.8. The first-order valence-corrected chi connectivity index (χ1v) is 9.56. The van der Waals surface area contributed by atoms with Crippen LogP contribution < -0.4 is 0 Å². The SMILES string of the molecule is CC.O=C(O)CC1CCCc2cc(CC3CCCCC3)ccc21. The number of carbonyl (C=O) groups is 1. The zero-order valence-corrected chi connectivity index (χ0v) is 14.8. The standard InChI is InChI=1S/C19H26O2.C2H6/c20-19(21)13-17-8-4-7-16-12-15(9-10-18(16)17)11-14-5-2-1-3-6-14;1-2/h9-10,12,14,17H,1-8,11,13H2,(H,20,21);1-2H3. The maximum atomic E-state index is 11.0. The van der Waals surface area contributed by atoms with Gasteiger partial charge in [-0.2, -0.15) is 0 Å². The number of aliphatic carboxylic acids is 1. The predicted molar refractivity (Wildman–Crippen MR) is 96.0 cm³/mol. The molecule has 1 unspecified atom stereocenters. The van der Waals surface area contributed by atoms with Crippen LogP contribution in [0.2, 0.25) is 0 Å². The number of rotatable bonds is 4. The van der Waals surface area contributed by atoms with Gasteiger partial charge in [0, 0.05) is 0 Å². The highest BCUT2D eigenvalue weighted by atomic mass is 16.4. The molecule has 0 spiro atoms. The fourth-order valence-corrected chi connectivity index (χ4v) is 4.24. The van der Waals surface area contributed by atoms with E-state index in [0.29, 0.717) is 0 Å². The van der Waals surface area contributed by atoms with Gasteiger partial charge in [0.15, 0.2) is 0 Å². The first-order valence-electron chi connectivity index (χ1n) is 9.56. The van der Waals surface area contributed by atoms with Gasteiger partial charge in [-0.15, -0.1) is 0 Å². The maximum absolute atomic E-state index is 11.0. The van der Waals surface area contributed by atoms with Crippen molar-refractivity contribution in [3.05, 3.63) is 34.9 Å². The van der Waals surface area contributed by atoms with Crippen molar-refractivity contribution in [3.63, 3.8) is 0 Å². The van der Waals surface area contributed by atoms with E-state index in [1.54, 1.807) is 0 Å². The summed E-state index contributed by atoms with van der Waals surface area (Å²) in [7, 11) is 0. The lowest BCUT2D eigenvalue weighted by Gasteiger charge is -2.26. The Bertz CT molecular complexity index is 501. The van der Waals surface area contributed by atoms with Crippen LogP contribution in [0.1, 0.15) is 87.8 Å². The van der Waals surface area contributed by atoms with E-state index < -0.39 is 5.97 Å². The fourth-order valence-electron chi connectivity index (χ4n) is 4.24. The molecule has 1 saturated carbocycles. The van der Waals surface area contributed by atoms with Crippen molar-refractivity contribution >= 4 is 5.97 Å². The van der Waals surface area contributed by atoms with Gasteiger partial charge in [0.25, 0.3) is 0 Å². The van der Waals surface area contributed by atoms with Crippen LogP contribution in [-0.2, 0) is 17.6 Å². The molecule has 2 nitrogen and oxygen atoms in total. The van der Waals surface area contributed by atoms with Gasteiger partial charge < -0.3 is 5.11 Å². The first kappa shape index (κ1) is 18.0. The number of hydrogen-bond donors (Lipinski definition) is 1. The minimum atomic E-state index is -0.667. The van der Waals surface area contributed by atoms with E-state index in [-0.39, 0.29) is 12.3 Å². The lowest BCUT2D eigenvalue weighted by Crippen LogP contribution is -2.15. The Kier molecular flexibility index (Phi) is 7.14. The Morgan fingerprint density at radius 1 is 1.09 bits per heavy atom. The highest BCUT2D eigenvalue weighted by Gasteiger charge is 2.23. The molecule has 1 atom stereocenters. The van der Waals surface area contributed by atoms with Crippen LogP contribution in [0.15, 0.2) is 18.2 Å². The Balaban J connectivity index is 0.000000924. The van der Waals surface area contributed by atoms with E-state index >= 15 is 0 Å². The molecule has 2 aliphatic carbocycles. The highest BCUT2D eigenvalue weighted by molar-refractivity contribution is 5.68. The predicted octanol–water partition coefficient (Wildman–Crippen LogP) is 5.73. The van der Waals surface area contributed by atoms with E-state index in [1.165, 1.54) is 55.2 Å². The normalized spacial score (nSPS) is 21.0. The van der Waals surface area contributed by atoms with Crippen LogP contribution in [0.4, 0.5) is 0 Å². The topological polar surface area (TPSA) is 37.3 Å². The molecule has 0 heterocycles. The molecule has 23 heavy (non-hydrogen) atoms. The zero-order valence-electron chi connectivity index (χ0n) is 14.8. The average molecular weight is 316 g/mol. The van der Waals surface area contributed by atoms with Crippen LogP contribution in [0.3, 0.4) is 0 Å². The summed E-state index contributed by atoms with van der Waals surface area (Å²) in [4.78, 5) is 11.0. The molecule has 2 aliphatic rings. The van der Waals surface area contributed by atoms with Gasteiger partial charge in [0.05, 0.1) is 6.42 Å². The number of aryl methyl sites for hydroxylation is 1. The molecule has 1 aromatic rings. The van der Waals surface area contributed by atoms with E-state index in [0.717, 1.165) is 25.2 Å². The van der Waals surface area contributed by atoms with E-state index in [1.807, 2.05) is 13.8 Å². The third-order valence-electron chi connectivity index (χ3n) is 5.32. The van der Waals surface area contributed by atoms with Crippen molar-refractivity contribution in [1.82, 2.24) is 0 Å². The molecular weight excluding hydrogens is 284 g/mol. The summed E-state index contributed by atoms with van der Waals surface area (Å²) >= 11 is 0. The summed E-state index contributed by atoms with van der Waals surface area (Å²) in [5.41, 5.74) is 4.19. The molecule has 0 aliphatic heterocycles. The fraction of sp³-hybridized carbons (Fsp3) is 0.667. The Labute approximate surface area is 141 Å². The Morgan fingerprint density at radius 3 is 2.52 bits per heavy atom. The van der Waals surface area contributed by atoms with Crippen molar-refractivity contribution in [1.29, 1.82) is 0 Å². The molecule has 1 fully saturated rings. The van der Waals surface area contributed by atoms with Crippen molar-refractivity contribution in [2.75, 3.05) is 0 Å². The number of carboxylic acids is 1. The summed E-state index contributed by atoms with van der Waals surface area (Å²) in [6, 6.07) is 6.85. The van der Waals surface area contributed by atoms with Crippen molar-refractivity contribution in [2.45, 2.75) is 84.0 Å². The lowest BCUT2D eigenvalue weighted by atomic mass is 9.79. The molecular formula is C21H32O2. The zero-order chi connectivity index (χ0) is 16.7. The molecule has 0 saturated heterocycles. The molecule has 1 N–H and O–H groups in total. The second-order valence-corrected chi connectivity index (χ2v) is 6.93. The Hall–Kier alpha value is -1.31. The van der Waals surface area contributed by atoms with Crippen LogP contribution in [0.5, 0.6) is 0 Å². The summed E-state index contributed by atoms with van der Waals surface area (Å²) in [5.74, 6) is 0.435. The molecule has 0 radical (unpaired) electrons. The van der Waals surface area contributed by atoms with Gasteiger partial charge in [-0.3, -0.25) is 4.79 Å². The largest absolute Gasteiger partial charge is 0.481 e. The highest BCUT2D eigenvalue weighted by Crippen LogP contribution is 2.35. The average Bonchev–Trinajstić information content (AvgIpc) is 2.57. The van der Waals surface area contributed by atoms with Gasteiger partial charge in [-0.1, -0.05) is 64.2 Å². The van der Waals surface area contributed by atoms with Crippen LogP contribution in [0.25, 0.3) is 0 Å². The van der Waals surface area contributed by atoms with E-state index in [4.69, 9.17) is 5.11 Å². The monoisotopic (exact) mass is 316 g/mol. The lowest BCUT2D eigenvalue weighted by molar-refractivity contribution is -0.137. The quantitative estimate of drug-likeness (QED) is 0.770. The van der Waals surface area contributed by atoms with Gasteiger partial charge >= 0.3 is 5.97 Å². The van der Waals surface area contributed by atoms with Gasteiger partial charge in [0.2, 0.25) is 0 Å². The second kappa shape index (κ2) is 9.10. The van der Waals surface area contributed by atoms with E-state index in [2.05, 4.69) is 18.2 Å². The van der Waals surface area contributed by atoms with Gasteiger partial charge in [0.1, 0.15) is 0 Å². The molecule has 2 heteroatoms. The molecule has 0 aromatic heterocycles. The van der Waals surface area contributed by atoms with Crippen molar-refractivity contribution in [3.8, 4) is 0 Å². The van der Waals surface area contributed by atoms with Crippen molar-refractivity contribution in [2.24, 2.45) is 5.92 Å². The van der Waals surface area contributed by atoms with E-state index in [9.17, 15) is 4.79 Å². The number of fused-ring (bicyclic) bond motifs is 1. The minimum absolute atomic E-state index is 0.231. The maximum Gasteiger partial charge on any atom is 0.303 e. The Morgan fingerprint density at radius 2 is 1.83 bits per heavy atom. The number of benzene rings is 1. The smallest absolute Gasteiger partial charge is 0.303 e. The van der Waals surface area contributed by atoms with Crippen LogP contribution >= 0.6 is 0 Å². The van der Waals surface area contributed by atoms with Gasteiger partial charge in [-0.25, -0.2) is 0 Å². The molecule has 0 bridgehead atoms. The summed E-state index contributed by atoms with van der Waals surface area (Å²) < 4.78 is 0. The third kappa shape index (κ3) is 5.09. The minimum Gasteiger partial charge on any atom is -0.481 e. The molecule has 128 valence electrons. The molecule has 1 aromatic carbocycles. The summed E-state index contributed by atoms with van der Waals surface area (Å²) in [5, 5.41) is 9.06.